The number of amides is 1. The first kappa shape index (κ1) is 18.9. The summed E-state index contributed by atoms with van der Waals surface area (Å²) in [4.78, 5) is 14.4. The molecule has 0 saturated carbocycles. The summed E-state index contributed by atoms with van der Waals surface area (Å²) in [5, 5.41) is 0. The molecule has 22 heavy (non-hydrogen) atoms. The first-order chi connectivity index (χ1) is 10.2. The van der Waals surface area contributed by atoms with Crippen LogP contribution >= 0.6 is 12.4 Å². The van der Waals surface area contributed by atoms with E-state index >= 15 is 0 Å². The van der Waals surface area contributed by atoms with Crippen LogP contribution in [-0.2, 0) is 11.2 Å². The van der Waals surface area contributed by atoms with Crippen LogP contribution in [0.25, 0.3) is 0 Å². The lowest BCUT2D eigenvalue weighted by Crippen LogP contribution is -2.41. The van der Waals surface area contributed by atoms with E-state index in [0.717, 1.165) is 50.9 Å². The van der Waals surface area contributed by atoms with Crippen molar-refractivity contribution in [2.24, 2.45) is 5.73 Å². The van der Waals surface area contributed by atoms with Crippen LogP contribution in [0.2, 0.25) is 0 Å². The van der Waals surface area contributed by atoms with Crippen molar-refractivity contribution < 1.29 is 9.53 Å². The Hall–Kier alpha value is -1.10. The van der Waals surface area contributed by atoms with Crippen molar-refractivity contribution in [3.8, 4) is 0 Å². The molecule has 0 aliphatic carbocycles. The van der Waals surface area contributed by atoms with E-state index in [-0.39, 0.29) is 24.4 Å². The smallest absolute Gasteiger partial charge is 0.253 e. The minimum absolute atomic E-state index is 0. The SMILES string of the molecule is CCc1ccc(C(=O)N2CCC(OCCCN)CC2)cc1.Cl. The zero-order valence-corrected chi connectivity index (χ0v) is 14.1. The van der Waals surface area contributed by atoms with Crippen molar-refractivity contribution in [2.45, 2.75) is 38.7 Å². The summed E-state index contributed by atoms with van der Waals surface area (Å²) in [5.74, 6) is 0.137. The van der Waals surface area contributed by atoms with Crippen LogP contribution in [-0.4, -0.2) is 43.2 Å². The number of carbonyl (C=O) groups is 1. The number of likely N-dealkylation sites (tertiary alicyclic amines) is 1. The molecular weight excluding hydrogens is 300 g/mol. The molecule has 1 amide bonds. The Bertz CT molecular complexity index is 442. The largest absolute Gasteiger partial charge is 0.378 e. The van der Waals surface area contributed by atoms with Gasteiger partial charge < -0.3 is 15.4 Å². The molecule has 0 atom stereocenters. The Morgan fingerprint density at radius 2 is 1.91 bits per heavy atom. The fraction of sp³-hybridized carbons (Fsp3) is 0.588. The molecule has 5 heteroatoms. The van der Waals surface area contributed by atoms with E-state index in [4.69, 9.17) is 10.5 Å². The molecule has 0 bridgehead atoms. The Morgan fingerprint density at radius 3 is 2.45 bits per heavy atom. The van der Waals surface area contributed by atoms with Gasteiger partial charge in [0, 0.05) is 25.3 Å². The quantitative estimate of drug-likeness (QED) is 0.818. The lowest BCUT2D eigenvalue weighted by Gasteiger charge is -2.32. The number of piperidine rings is 1. The van der Waals surface area contributed by atoms with Crippen LogP contribution in [0.4, 0.5) is 0 Å². The summed E-state index contributed by atoms with van der Waals surface area (Å²) in [5.41, 5.74) is 7.51. The summed E-state index contributed by atoms with van der Waals surface area (Å²) in [6, 6.07) is 7.95. The number of nitrogens with two attached hydrogens (primary N) is 1. The molecule has 1 aliphatic rings. The number of hydrogen-bond donors (Lipinski definition) is 1. The molecule has 0 unspecified atom stereocenters. The third-order valence-corrected chi connectivity index (χ3v) is 4.04. The number of benzene rings is 1. The molecule has 4 nitrogen and oxygen atoms in total. The topological polar surface area (TPSA) is 55.6 Å². The lowest BCUT2D eigenvalue weighted by atomic mass is 10.0. The molecule has 124 valence electrons. The van der Waals surface area contributed by atoms with Gasteiger partial charge in [0.2, 0.25) is 0 Å². The van der Waals surface area contributed by atoms with Crippen LogP contribution in [0.1, 0.15) is 42.1 Å². The third kappa shape index (κ3) is 5.27. The first-order valence-corrected chi connectivity index (χ1v) is 7.94. The second-order valence-electron chi connectivity index (χ2n) is 5.56. The van der Waals surface area contributed by atoms with Crippen molar-refractivity contribution in [2.75, 3.05) is 26.2 Å². The number of aryl methyl sites for hydroxylation is 1. The number of nitrogens with zero attached hydrogens (tertiary/aromatic N) is 1. The average Bonchev–Trinajstić information content (AvgIpc) is 2.55. The van der Waals surface area contributed by atoms with Gasteiger partial charge in [-0.3, -0.25) is 4.79 Å². The van der Waals surface area contributed by atoms with Gasteiger partial charge in [-0.1, -0.05) is 19.1 Å². The first-order valence-electron chi connectivity index (χ1n) is 7.94. The van der Waals surface area contributed by atoms with E-state index in [1.165, 1.54) is 5.56 Å². The zero-order chi connectivity index (χ0) is 15.1. The van der Waals surface area contributed by atoms with Gasteiger partial charge in [0.25, 0.3) is 5.91 Å². The minimum Gasteiger partial charge on any atom is -0.378 e. The summed E-state index contributed by atoms with van der Waals surface area (Å²) < 4.78 is 5.77. The Balaban J connectivity index is 0.00000242. The highest BCUT2D eigenvalue weighted by Gasteiger charge is 2.23. The Labute approximate surface area is 139 Å². The minimum atomic E-state index is 0. The van der Waals surface area contributed by atoms with Gasteiger partial charge in [0.15, 0.2) is 0 Å². The van der Waals surface area contributed by atoms with Crippen molar-refractivity contribution in [3.63, 3.8) is 0 Å². The van der Waals surface area contributed by atoms with Gasteiger partial charge in [0.05, 0.1) is 6.10 Å². The lowest BCUT2D eigenvalue weighted by molar-refractivity contribution is 0.00845. The summed E-state index contributed by atoms with van der Waals surface area (Å²) in [7, 11) is 0. The van der Waals surface area contributed by atoms with Crippen LogP contribution in [0.3, 0.4) is 0 Å². The average molecular weight is 327 g/mol. The van der Waals surface area contributed by atoms with E-state index in [0.29, 0.717) is 6.54 Å². The maximum absolute atomic E-state index is 12.4. The van der Waals surface area contributed by atoms with Crippen molar-refractivity contribution in [3.05, 3.63) is 35.4 Å². The van der Waals surface area contributed by atoms with Crippen LogP contribution < -0.4 is 5.73 Å². The third-order valence-electron chi connectivity index (χ3n) is 4.04. The molecule has 1 fully saturated rings. The molecule has 0 radical (unpaired) electrons. The molecule has 0 spiro atoms. The number of ether oxygens (including phenoxy) is 1. The van der Waals surface area contributed by atoms with Crippen molar-refractivity contribution in [1.82, 2.24) is 4.90 Å². The number of halogens is 1. The van der Waals surface area contributed by atoms with Gasteiger partial charge in [0.1, 0.15) is 0 Å². The predicted molar refractivity (Wildman–Crippen MR) is 91.6 cm³/mol. The van der Waals surface area contributed by atoms with E-state index in [2.05, 4.69) is 6.92 Å². The van der Waals surface area contributed by atoms with E-state index in [1.807, 2.05) is 29.2 Å². The standard InChI is InChI=1S/C17H26N2O2.ClH/c1-2-14-4-6-15(7-5-14)17(20)19-11-8-16(9-12-19)21-13-3-10-18;/h4-7,16H,2-3,8-13,18H2,1H3;1H. The summed E-state index contributed by atoms with van der Waals surface area (Å²) in [6.45, 7) is 5.08. The van der Waals surface area contributed by atoms with Crippen LogP contribution in [0, 0.1) is 0 Å². The second-order valence-corrected chi connectivity index (χ2v) is 5.56. The molecular formula is C17H27ClN2O2. The van der Waals surface area contributed by atoms with Crippen LogP contribution in [0.15, 0.2) is 24.3 Å². The van der Waals surface area contributed by atoms with E-state index in [1.54, 1.807) is 0 Å². The van der Waals surface area contributed by atoms with Gasteiger partial charge in [-0.05, 0) is 49.9 Å². The fourth-order valence-electron chi connectivity index (χ4n) is 2.62. The second kappa shape index (κ2) is 9.82. The normalized spacial score (nSPS) is 15.5. The molecule has 2 rings (SSSR count). The van der Waals surface area contributed by atoms with E-state index in [9.17, 15) is 4.79 Å². The Kier molecular flexibility index (Phi) is 8.46. The van der Waals surface area contributed by atoms with Gasteiger partial charge in [-0.15, -0.1) is 12.4 Å². The maximum atomic E-state index is 12.4. The predicted octanol–water partition coefficient (Wildman–Crippen LogP) is 2.64. The highest BCUT2D eigenvalue weighted by molar-refractivity contribution is 5.94. The highest BCUT2D eigenvalue weighted by Crippen LogP contribution is 2.17. The van der Waals surface area contributed by atoms with E-state index < -0.39 is 0 Å². The molecule has 1 aliphatic heterocycles. The molecule has 1 saturated heterocycles. The number of hydrogen-bond acceptors (Lipinski definition) is 3. The highest BCUT2D eigenvalue weighted by atomic mass is 35.5. The van der Waals surface area contributed by atoms with Gasteiger partial charge in [-0.25, -0.2) is 0 Å². The zero-order valence-electron chi connectivity index (χ0n) is 13.3. The van der Waals surface area contributed by atoms with Crippen molar-refractivity contribution >= 4 is 18.3 Å². The van der Waals surface area contributed by atoms with Gasteiger partial charge in [-0.2, -0.15) is 0 Å². The monoisotopic (exact) mass is 326 g/mol. The van der Waals surface area contributed by atoms with Crippen molar-refractivity contribution in [1.29, 1.82) is 0 Å². The maximum Gasteiger partial charge on any atom is 0.253 e. The number of rotatable bonds is 6. The van der Waals surface area contributed by atoms with Crippen LogP contribution in [0.5, 0.6) is 0 Å². The molecule has 2 N–H and O–H groups in total. The molecule has 1 heterocycles. The number of carbonyl (C=O) groups excluding carboxylic acids is 1. The molecule has 1 aromatic rings. The molecule has 0 aromatic heterocycles. The molecule has 1 aromatic carbocycles. The summed E-state index contributed by atoms with van der Waals surface area (Å²) in [6.07, 6.45) is 4.03. The van der Waals surface area contributed by atoms with Gasteiger partial charge >= 0.3 is 0 Å². The fourth-order valence-corrected chi connectivity index (χ4v) is 2.62. The Morgan fingerprint density at radius 1 is 1.27 bits per heavy atom. The summed E-state index contributed by atoms with van der Waals surface area (Å²) >= 11 is 0.